The first-order valence-corrected chi connectivity index (χ1v) is 12.2. The molecule has 2 fully saturated rings. The van der Waals surface area contributed by atoms with Crippen LogP contribution in [0.2, 0.25) is 0 Å². The number of alkyl halides is 2. The highest BCUT2D eigenvalue weighted by Gasteiger charge is 2.25. The number of piperidine rings is 1. The van der Waals surface area contributed by atoms with E-state index >= 15 is 0 Å². The lowest BCUT2D eigenvalue weighted by atomic mass is 10.1. The van der Waals surface area contributed by atoms with Gasteiger partial charge in [0.2, 0.25) is 16.0 Å². The van der Waals surface area contributed by atoms with E-state index in [-0.39, 0.29) is 17.8 Å². The molecule has 4 rings (SSSR count). The monoisotopic (exact) mass is 456 g/mol. The van der Waals surface area contributed by atoms with Crippen LogP contribution in [0.1, 0.15) is 37.8 Å². The van der Waals surface area contributed by atoms with Gasteiger partial charge in [0, 0.05) is 50.0 Å². The van der Waals surface area contributed by atoms with Gasteiger partial charge in [-0.25, -0.2) is 36.5 Å². The van der Waals surface area contributed by atoms with Crippen LogP contribution in [0.15, 0.2) is 12.3 Å². The lowest BCUT2D eigenvalue weighted by molar-refractivity contribution is 0.0903. The highest BCUT2D eigenvalue weighted by Crippen LogP contribution is 2.28. The van der Waals surface area contributed by atoms with Crippen molar-refractivity contribution in [1.29, 1.82) is 0 Å². The van der Waals surface area contributed by atoms with Crippen LogP contribution in [0.5, 0.6) is 0 Å². The number of hydrogen-bond donors (Lipinski definition) is 2. The van der Waals surface area contributed by atoms with Crippen molar-refractivity contribution in [3.63, 3.8) is 0 Å². The van der Waals surface area contributed by atoms with Gasteiger partial charge in [0.15, 0.2) is 5.82 Å². The zero-order valence-electron chi connectivity index (χ0n) is 17.2. The minimum atomic E-state index is -3.19. The Hall–Kier alpha value is -2.18. The van der Waals surface area contributed by atoms with Gasteiger partial charge in [0.1, 0.15) is 11.2 Å². The quantitative estimate of drug-likeness (QED) is 0.682. The van der Waals surface area contributed by atoms with Crippen LogP contribution in [0.4, 0.5) is 20.5 Å². The molecular weight excluding hydrogens is 430 g/mol. The van der Waals surface area contributed by atoms with E-state index in [2.05, 4.69) is 25.6 Å². The Bertz CT molecular complexity index is 1020. The van der Waals surface area contributed by atoms with E-state index in [1.54, 1.807) is 0 Å². The fourth-order valence-electron chi connectivity index (χ4n) is 3.89. The maximum Gasteiger partial charge on any atom is 0.280 e. The summed E-state index contributed by atoms with van der Waals surface area (Å²) in [5, 5.41) is 6.99. The summed E-state index contributed by atoms with van der Waals surface area (Å²) in [7, 11) is -3.19. The van der Waals surface area contributed by atoms with Crippen LogP contribution in [0.3, 0.4) is 0 Å². The van der Waals surface area contributed by atoms with Crippen LogP contribution < -0.4 is 10.6 Å². The smallest absolute Gasteiger partial charge is 0.280 e. The molecule has 0 radical (unpaired) electrons. The van der Waals surface area contributed by atoms with Crippen molar-refractivity contribution < 1.29 is 21.9 Å². The second-order valence-electron chi connectivity index (χ2n) is 7.94. The molecule has 170 valence electrons. The zero-order valence-corrected chi connectivity index (χ0v) is 18.0. The van der Waals surface area contributed by atoms with Gasteiger partial charge in [-0.3, -0.25) is 0 Å². The fraction of sp³-hybridized carbons (Fsp3) is 0.632. The third-order valence-corrected chi connectivity index (χ3v) is 6.93. The lowest BCUT2D eigenvalue weighted by Gasteiger charge is -2.30. The molecule has 0 aromatic carbocycles. The van der Waals surface area contributed by atoms with Crippen LogP contribution in [-0.4, -0.2) is 72.3 Å². The Morgan fingerprint density at radius 1 is 1.10 bits per heavy atom. The van der Waals surface area contributed by atoms with Crippen molar-refractivity contribution in [3.05, 3.63) is 18.0 Å². The van der Waals surface area contributed by atoms with Crippen LogP contribution >= 0.6 is 0 Å². The first kappa shape index (κ1) is 22.0. The first-order valence-electron chi connectivity index (χ1n) is 10.3. The summed E-state index contributed by atoms with van der Waals surface area (Å²) in [6.45, 7) is 2.08. The predicted octanol–water partition coefficient (Wildman–Crippen LogP) is 2.39. The Labute approximate surface area is 179 Å². The summed E-state index contributed by atoms with van der Waals surface area (Å²) in [5.74, 6) is 0.684. The van der Waals surface area contributed by atoms with Crippen LogP contribution in [-0.2, 0) is 14.8 Å². The molecule has 0 amide bonds. The van der Waals surface area contributed by atoms with Crippen molar-refractivity contribution in [2.75, 3.05) is 43.2 Å². The van der Waals surface area contributed by atoms with E-state index in [0.29, 0.717) is 61.8 Å². The number of halogens is 2. The minimum absolute atomic E-state index is 0.0237. The molecule has 2 saturated heterocycles. The number of nitrogens with zero attached hydrogens (tertiary/aromatic N) is 4. The zero-order chi connectivity index (χ0) is 22.0. The van der Waals surface area contributed by atoms with Crippen molar-refractivity contribution in [2.24, 2.45) is 0 Å². The minimum Gasteiger partial charge on any atom is -0.381 e. The molecule has 0 saturated carbocycles. The number of rotatable bonds is 6. The normalized spacial score (nSPS) is 19.7. The van der Waals surface area contributed by atoms with E-state index in [0.717, 1.165) is 12.8 Å². The molecule has 12 heteroatoms. The van der Waals surface area contributed by atoms with Gasteiger partial charge in [-0.05, 0) is 31.7 Å². The molecule has 4 heterocycles. The number of nitrogens with one attached hydrogen (secondary N) is 2. The second-order valence-corrected chi connectivity index (χ2v) is 9.92. The van der Waals surface area contributed by atoms with Gasteiger partial charge in [0.25, 0.3) is 6.43 Å². The summed E-state index contributed by atoms with van der Waals surface area (Å²) >= 11 is 0. The largest absolute Gasteiger partial charge is 0.381 e. The third-order valence-electron chi connectivity index (χ3n) is 5.63. The standard InChI is InChI=1S/C19H26F2N6O3S/c1-31(28,29)27-6-2-13(3-7-27)24-19-22-11-12-10-15(17(20)21)25-18(16(12)26-19)23-14-4-8-30-9-5-14/h10-11,13-14,17H,2-9H2,1H3,(H,23,25)(H,22,24,26). The molecule has 0 bridgehead atoms. The molecule has 2 aliphatic rings. The average molecular weight is 457 g/mol. The molecule has 9 nitrogen and oxygen atoms in total. The van der Waals surface area contributed by atoms with Gasteiger partial charge in [-0.2, -0.15) is 0 Å². The Morgan fingerprint density at radius 3 is 2.42 bits per heavy atom. The summed E-state index contributed by atoms with van der Waals surface area (Å²) in [5.41, 5.74) is 0.154. The van der Waals surface area contributed by atoms with Gasteiger partial charge >= 0.3 is 0 Å². The number of anilines is 2. The van der Waals surface area contributed by atoms with Crippen molar-refractivity contribution >= 4 is 32.7 Å². The predicted molar refractivity (Wildman–Crippen MR) is 113 cm³/mol. The maximum atomic E-state index is 13.3. The van der Waals surface area contributed by atoms with E-state index in [4.69, 9.17) is 4.74 Å². The number of pyridine rings is 1. The fourth-order valence-corrected chi connectivity index (χ4v) is 4.77. The van der Waals surface area contributed by atoms with Crippen molar-refractivity contribution in [3.8, 4) is 0 Å². The maximum absolute atomic E-state index is 13.3. The van der Waals surface area contributed by atoms with Gasteiger partial charge in [-0.1, -0.05) is 0 Å². The van der Waals surface area contributed by atoms with Crippen LogP contribution in [0, 0.1) is 0 Å². The van der Waals surface area contributed by atoms with E-state index in [1.165, 1.54) is 22.8 Å². The van der Waals surface area contributed by atoms with Crippen molar-refractivity contribution in [2.45, 2.75) is 44.2 Å². The molecule has 0 aliphatic carbocycles. The summed E-state index contributed by atoms with van der Waals surface area (Å²) in [6.07, 6.45) is 2.81. The number of fused-ring (bicyclic) bond motifs is 1. The number of aromatic nitrogens is 3. The van der Waals surface area contributed by atoms with Crippen molar-refractivity contribution in [1.82, 2.24) is 19.3 Å². The third kappa shape index (κ3) is 5.36. The van der Waals surface area contributed by atoms with E-state index in [9.17, 15) is 17.2 Å². The number of ether oxygens (including phenoxy) is 1. The Kier molecular flexibility index (Phi) is 6.49. The number of hydrogen-bond acceptors (Lipinski definition) is 8. The highest BCUT2D eigenvalue weighted by atomic mass is 32.2. The summed E-state index contributed by atoms with van der Waals surface area (Å²) in [4.78, 5) is 13.0. The SMILES string of the molecule is CS(=O)(=O)N1CCC(Nc2ncc3cc(C(F)F)nc(NC4CCOCC4)c3n2)CC1. The Morgan fingerprint density at radius 2 is 1.77 bits per heavy atom. The molecule has 31 heavy (non-hydrogen) atoms. The van der Waals surface area contributed by atoms with E-state index in [1.807, 2.05) is 0 Å². The molecule has 2 aromatic heterocycles. The van der Waals surface area contributed by atoms with Gasteiger partial charge in [-0.15, -0.1) is 0 Å². The number of sulfonamides is 1. The van der Waals surface area contributed by atoms with Gasteiger partial charge < -0.3 is 15.4 Å². The average Bonchev–Trinajstić information content (AvgIpc) is 2.74. The second kappa shape index (κ2) is 9.13. The van der Waals surface area contributed by atoms with Gasteiger partial charge in [0.05, 0.1) is 6.26 Å². The lowest BCUT2D eigenvalue weighted by Crippen LogP contribution is -2.42. The molecular formula is C19H26F2N6O3S. The molecule has 0 spiro atoms. The molecule has 0 atom stereocenters. The van der Waals surface area contributed by atoms with E-state index < -0.39 is 16.4 Å². The summed E-state index contributed by atoms with van der Waals surface area (Å²) in [6, 6.07) is 1.41. The first-order chi connectivity index (χ1) is 14.8. The topological polar surface area (TPSA) is 109 Å². The molecule has 2 aliphatic heterocycles. The molecule has 0 unspecified atom stereocenters. The summed E-state index contributed by atoms with van der Waals surface area (Å²) < 4.78 is 56.9. The molecule has 2 aromatic rings. The van der Waals surface area contributed by atoms with Crippen LogP contribution in [0.25, 0.3) is 10.9 Å². The highest BCUT2D eigenvalue weighted by molar-refractivity contribution is 7.88. The Balaban J connectivity index is 1.55. The molecule has 2 N–H and O–H groups in total.